The van der Waals surface area contributed by atoms with E-state index in [1.54, 1.807) is 0 Å². The van der Waals surface area contributed by atoms with E-state index in [1.165, 1.54) is 5.57 Å². The highest BCUT2D eigenvalue weighted by Gasteiger charge is 2.51. The summed E-state index contributed by atoms with van der Waals surface area (Å²) in [5.74, 6) is 0.497. The Kier molecular flexibility index (Phi) is 5.44. The molecule has 1 aliphatic carbocycles. The number of hydrogen-bond acceptors (Lipinski definition) is 2. The van der Waals surface area contributed by atoms with Gasteiger partial charge in [-0.25, -0.2) is 0 Å². The van der Waals surface area contributed by atoms with Gasteiger partial charge >= 0.3 is 0 Å². The maximum absolute atomic E-state index is 12.4. The third-order valence-corrected chi connectivity index (χ3v) is 5.23. The molecule has 0 N–H and O–H groups in total. The standard InChI is InChI=1S/C20H30O2/c1-14(2)17-12-18(21)16(4)10-6-8-15(3)9-7-11-20(5)19(13-17)22-20/h9-10,17,19H,1,6-8,11-13H2,2-5H3/b15-9?,16-10+/t17-,19-,20+/m1/s1. The van der Waals surface area contributed by atoms with Crippen LogP contribution in [0.15, 0.2) is 35.5 Å². The van der Waals surface area contributed by atoms with Crippen molar-refractivity contribution in [1.82, 2.24) is 0 Å². The molecule has 1 saturated heterocycles. The molecule has 1 heterocycles. The van der Waals surface area contributed by atoms with Gasteiger partial charge in [0.05, 0.1) is 11.7 Å². The predicted octanol–water partition coefficient (Wildman–Crippen LogP) is 5.15. The lowest BCUT2D eigenvalue weighted by Gasteiger charge is -2.17. The van der Waals surface area contributed by atoms with Crippen LogP contribution in [-0.4, -0.2) is 17.5 Å². The molecule has 1 fully saturated rings. The van der Waals surface area contributed by atoms with E-state index >= 15 is 0 Å². The van der Waals surface area contributed by atoms with Crippen molar-refractivity contribution in [1.29, 1.82) is 0 Å². The van der Waals surface area contributed by atoms with Crippen LogP contribution in [-0.2, 0) is 9.53 Å². The van der Waals surface area contributed by atoms with Gasteiger partial charge in [-0.15, -0.1) is 0 Å². The number of rotatable bonds is 1. The van der Waals surface area contributed by atoms with E-state index in [2.05, 4.69) is 32.6 Å². The van der Waals surface area contributed by atoms with E-state index < -0.39 is 0 Å². The number of hydrogen-bond donors (Lipinski definition) is 0. The topological polar surface area (TPSA) is 29.6 Å². The Hall–Kier alpha value is -1.15. The van der Waals surface area contributed by atoms with Gasteiger partial charge in [0.1, 0.15) is 0 Å². The normalized spacial score (nSPS) is 36.5. The van der Waals surface area contributed by atoms with E-state index in [1.807, 2.05) is 13.8 Å². The summed E-state index contributed by atoms with van der Waals surface area (Å²) in [4.78, 5) is 12.4. The van der Waals surface area contributed by atoms with Gasteiger partial charge in [0, 0.05) is 6.42 Å². The van der Waals surface area contributed by atoms with Gasteiger partial charge in [-0.3, -0.25) is 4.79 Å². The average Bonchev–Trinajstić information content (AvgIpc) is 3.07. The van der Waals surface area contributed by atoms with Crippen LogP contribution in [0.1, 0.15) is 66.2 Å². The molecule has 122 valence electrons. The Bertz CT molecular complexity index is 512. The van der Waals surface area contributed by atoms with Crippen LogP contribution in [0.2, 0.25) is 0 Å². The number of allylic oxidation sites excluding steroid dienone is 5. The Balaban J connectivity index is 2.14. The molecule has 2 aliphatic rings. The van der Waals surface area contributed by atoms with Gasteiger partial charge in [0.15, 0.2) is 5.78 Å². The fourth-order valence-electron chi connectivity index (χ4n) is 3.25. The number of ether oxygens (including phenoxy) is 1. The molecule has 3 atom stereocenters. The molecule has 0 bridgehead atoms. The minimum Gasteiger partial charge on any atom is -0.366 e. The lowest BCUT2D eigenvalue weighted by molar-refractivity contribution is -0.116. The molecule has 0 unspecified atom stereocenters. The number of epoxide rings is 1. The van der Waals surface area contributed by atoms with Crippen molar-refractivity contribution in [2.45, 2.75) is 77.9 Å². The van der Waals surface area contributed by atoms with Gasteiger partial charge in [-0.1, -0.05) is 29.9 Å². The van der Waals surface area contributed by atoms with Crippen LogP contribution in [0.4, 0.5) is 0 Å². The largest absolute Gasteiger partial charge is 0.366 e. The van der Waals surface area contributed by atoms with Gasteiger partial charge in [-0.2, -0.15) is 0 Å². The highest BCUT2D eigenvalue weighted by atomic mass is 16.6. The van der Waals surface area contributed by atoms with Crippen molar-refractivity contribution in [3.05, 3.63) is 35.5 Å². The summed E-state index contributed by atoms with van der Waals surface area (Å²) in [6.07, 6.45) is 10.3. The molecule has 2 heteroatoms. The van der Waals surface area contributed by atoms with Crippen molar-refractivity contribution >= 4 is 5.78 Å². The first-order valence-corrected chi connectivity index (χ1v) is 8.50. The third-order valence-electron chi connectivity index (χ3n) is 5.23. The van der Waals surface area contributed by atoms with Crippen molar-refractivity contribution < 1.29 is 9.53 Å². The average molecular weight is 302 g/mol. The van der Waals surface area contributed by atoms with E-state index in [4.69, 9.17) is 4.74 Å². The fraction of sp³-hybridized carbons (Fsp3) is 0.650. The van der Waals surface area contributed by atoms with Crippen molar-refractivity contribution in [2.75, 3.05) is 0 Å². The minimum atomic E-state index is 0.00251. The van der Waals surface area contributed by atoms with Crippen LogP contribution >= 0.6 is 0 Å². The zero-order chi connectivity index (χ0) is 16.3. The second-order valence-corrected chi connectivity index (χ2v) is 7.34. The molecule has 0 aromatic carbocycles. The van der Waals surface area contributed by atoms with Gasteiger partial charge in [0.2, 0.25) is 0 Å². The first-order valence-electron chi connectivity index (χ1n) is 8.50. The third kappa shape index (κ3) is 4.42. The quantitative estimate of drug-likeness (QED) is 0.495. The molecule has 1 aliphatic heterocycles. The van der Waals surface area contributed by atoms with Crippen LogP contribution in [0.3, 0.4) is 0 Å². The molecule has 0 aromatic heterocycles. The molecule has 2 nitrogen and oxygen atoms in total. The Morgan fingerprint density at radius 2 is 2.05 bits per heavy atom. The molecule has 0 amide bonds. The molecular weight excluding hydrogens is 272 g/mol. The van der Waals surface area contributed by atoms with E-state index in [0.717, 1.165) is 43.3 Å². The maximum Gasteiger partial charge on any atom is 0.158 e. The van der Waals surface area contributed by atoms with E-state index in [0.29, 0.717) is 6.42 Å². The number of Topliss-reactive ketones (excluding diaryl/α,β-unsaturated/α-hetero) is 1. The van der Waals surface area contributed by atoms with Gasteiger partial charge < -0.3 is 4.74 Å². The molecule has 0 saturated carbocycles. The summed E-state index contributed by atoms with van der Waals surface area (Å²) in [5, 5.41) is 0. The van der Waals surface area contributed by atoms with Crippen LogP contribution < -0.4 is 0 Å². The summed E-state index contributed by atoms with van der Waals surface area (Å²) >= 11 is 0. The zero-order valence-corrected chi connectivity index (χ0v) is 14.6. The molecule has 0 radical (unpaired) electrons. The van der Waals surface area contributed by atoms with Crippen LogP contribution in [0.5, 0.6) is 0 Å². The fourth-order valence-corrected chi connectivity index (χ4v) is 3.25. The molecule has 0 spiro atoms. The first kappa shape index (κ1) is 17.2. The summed E-state index contributed by atoms with van der Waals surface area (Å²) in [7, 11) is 0. The molecule has 22 heavy (non-hydrogen) atoms. The lowest BCUT2D eigenvalue weighted by atomic mass is 9.85. The zero-order valence-electron chi connectivity index (χ0n) is 14.6. The number of fused-ring (bicyclic) bond motifs is 1. The molecular formula is C20H30O2. The van der Waals surface area contributed by atoms with Crippen LogP contribution in [0, 0.1) is 5.92 Å². The highest BCUT2D eigenvalue weighted by Crippen LogP contribution is 2.45. The first-order chi connectivity index (χ1) is 10.3. The van der Waals surface area contributed by atoms with E-state index in [-0.39, 0.29) is 23.4 Å². The SMILES string of the molecule is C=C(C)[C@@H]1CC(=O)/C(C)=C/CCC(C)=CCC[C@]2(C)O[C@@H]2C1. The maximum atomic E-state index is 12.4. The minimum absolute atomic E-state index is 0.00251. The predicted molar refractivity (Wildman–Crippen MR) is 91.8 cm³/mol. The summed E-state index contributed by atoms with van der Waals surface area (Å²) < 4.78 is 5.96. The van der Waals surface area contributed by atoms with Crippen molar-refractivity contribution in [3.63, 3.8) is 0 Å². The highest BCUT2D eigenvalue weighted by molar-refractivity contribution is 5.95. The van der Waals surface area contributed by atoms with Crippen molar-refractivity contribution in [3.8, 4) is 0 Å². The summed E-state index contributed by atoms with van der Waals surface area (Å²) in [6.45, 7) is 12.5. The number of ketones is 1. The summed E-state index contributed by atoms with van der Waals surface area (Å²) in [5.41, 5.74) is 3.41. The lowest BCUT2D eigenvalue weighted by Crippen LogP contribution is -2.17. The summed E-state index contributed by atoms with van der Waals surface area (Å²) in [6, 6.07) is 0. The second kappa shape index (κ2) is 6.95. The van der Waals surface area contributed by atoms with E-state index in [9.17, 15) is 4.79 Å². The monoisotopic (exact) mass is 302 g/mol. The molecule has 2 rings (SSSR count). The number of carbonyl (C=O) groups is 1. The molecule has 0 aromatic rings. The van der Waals surface area contributed by atoms with Gasteiger partial charge in [0.25, 0.3) is 0 Å². The number of carbonyl (C=O) groups excluding carboxylic acids is 1. The van der Waals surface area contributed by atoms with Gasteiger partial charge in [-0.05, 0) is 71.3 Å². The van der Waals surface area contributed by atoms with Crippen LogP contribution in [0.25, 0.3) is 0 Å². The smallest absolute Gasteiger partial charge is 0.158 e. The Morgan fingerprint density at radius 3 is 2.73 bits per heavy atom. The Morgan fingerprint density at radius 1 is 1.32 bits per heavy atom. The second-order valence-electron chi connectivity index (χ2n) is 7.34. The Labute approximate surface area is 135 Å². The van der Waals surface area contributed by atoms with Crippen molar-refractivity contribution in [2.24, 2.45) is 5.92 Å².